The first kappa shape index (κ1) is 14.5. The van der Waals surface area contributed by atoms with Gasteiger partial charge < -0.3 is 10.6 Å². The van der Waals surface area contributed by atoms with Crippen molar-refractivity contribution in [3.05, 3.63) is 47.5 Å². The Labute approximate surface area is 130 Å². The summed E-state index contributed by atoms with van der Waals surface area (Å²) in [4.78, 5) is 20.6. The monoisotopic (exact) mass is 296 g/mol. The number of anilines is 2. The lowest BCUT2D eigenvalue weighted by molar-refractivity contribution is 0.102. The van der Waals surface area contributed by atoms with Crippen molar-refractivity contribution in [2.75, 3.05) is 17.2 Å². The minimum Gasteiger partial charge on any atom is -0.385 e. The molecule has 1 saturated carbocycles. The Kier molecular flexibility index (Phi) is 4.04. The van der Waals surface area contributed by atoms with Crippen molar-refractivity contribution >= 4 is 17.3 Å². The van der Waals surface area contributed by atoms with Gasteiger partial charge in [0.2, 0.25) is 0 Å². The number of carbonyl (C=O) groups is 1. The molecule has 3 rings (SSSR count). The van der Waals surface area contributed by atoms with Gasteiger partial charge in [0.15, 0.2) is 0 Å². The molecule has 1 aliphatic rings. The lowest BCUT2D eigenvalue weighted by Crippen LogP contribution is -2.14. The van der Waals surface area contributed by atoms with Crippen LogP contribution in [0.2, 0.25) is 0 Å². The molecule has 2 N–H and O–H groups in total. The van der Waals surface area contributed by atoms with E-state index in [1.165, 1.54) is 12.8 Å². The molecule has 1 fully saturated rings. The van der Waals surface area contributed by atoms with Crippen molar-refractivity contribution in [3.63, 3.8) is 0 Å². The van der Waals surface area contributed by atoms with E-state index in [2.05, 4.69) is 20.6 Å². The van der Waals surface area contributed by atoms with Crippen LogP contribution in [0, 0.1) is 19.8 Å². The van der Waals surface area contributed by atoms with E-state index >= 15 is 0 Å². The van der Waals surface area contributed by atoms with Crippen LogP contribution in [-0.2, 0) is 0 Å². The number of hydrogen-bond acceptors (Lipinski definition) is 4. The SMILES string of the molecule is Cc1ncc(NC(=O)c2cc(NCC3CC3)ccc2C)cn1. The molecule has 1 aliphatic carbocycles. The summed E-state index contributed by atoms with van der Waals surface area (Å²) in [5.41, 5.74) is 3.21. The summed E-state index contributed by atoms with van der Waals surface area (Å²) in [7, 11) is 0. The van der Waals surface area contributed by atoms with Gasteiger partial charge in [0.1, 0.15) is 5.82 Å². The lowest BCUT2D eigenvalue weighted by atomic mass is 10.1. The molecule has 1 aromatic heterocycles. The number of benzene rings is 1. The third-order valence-corrected chi connectivity index (χ3v) is 3.81. The molecule has 0 saturated heterocycles. The van der Waals surface area contributed by atoms with Gasteiger partial charge in [-0.15, -0.1) is 0 Å². The molecule has 1 amide bonds. The van der Waals surface area contributed by atoms with Crippen molar-refractivity contribution < 1.29 is 4.79 Å². The fraction of sp³-hybridized carbons (Fsp3) is 0.353. The van der Waals surface area contributed by atoms with Gasteiger partial charge in [0.25, 0.3) is 5.91 Å². The summed E-state index contributed by atoms with van der Waals surface area (Å²) < 4.78 is 0. The Morgan fingerprint density at radius 1 is 1.18 bits per heavy atom. The third kappa shape index (κ3) is 3.61. The van der Waals surface area contributed by atoms with Gasteiger partial charge in [-0.05, 0) is 50.3 Å². The third-order valence-electron chi connectivity index (χ3n) is 3.81. The second-order valence-corrected chi connectivity index (χ2v) is 5.83. The highest BCUT2D eigenvalue weighted by Gasteiger charge is 2.20. The maximum Gasteiger partial charge on any atom is 0.256 e. The lowest BCUT2D eigenvalue weighted by Gasteiger charge is -2.11. The molecule has 0 unspecified atom stereocenters. The van der Waals surface area contributed by atoms with Crippen molar-refractivity contribution in [1.29, 1.82) is 0 Å². The maximum absolute atomic E-state index is 12.4. The Morgan fingerprint density at radius 3 is 2.59 bits per heavy atom. The van der Waals surface area contributed by atoms with E-state index < -0.39 is 0 Å². The highest BCUT2D eigenvalue weighted by molar-refractivity contribution is 6.05. The molecule has 0 bridgehead atoms. The van der Waals surface area contributed by atoms with Crippen molar-refractivity contribution in [2.45, 2.75) is 26.7 Å². The molecule has 114 valence electrons. The van der Waals surface area contributed by atoms with Crippen LogP contribution < -0.4 is 10.6 Å². The van der Waals surface area contributed by atoms with E-state index in [4.69, 9.17) is 0 Å². The van der Waals surface area contributed by atoms with Gasteiger partial charge in [-0.25, -0.2) is 9.97 Å². The molecular weight excluding hydrogens is 276 g/mol. The van der Waals surface area contributed by atoms with Crippen LogP contribution in [0.25, 0.3) is 0 Å². The molecular formula is C17H20N4O. The Balaban J connectivity index is 1.72. The van der Waals surface area contributed by atoms with Crippen LogP contribution in [0.1, 0.15) is 34.6 Å². The smallest absolute Gasteiger partial charge is 0.256 e. The molecule has 5 nitrogen and oxygen atoms in total. The van der Waals surface area contributed by atoms with Crippen molar-refractivity contribution in [1.82, 2.24) is 9.97 Å². The standard InChI is InChI=1S/C17H20N4O/c1-11-3-6-14(20-8-13-4-5-13)7-16(11)17(22)21-15-9-18-12(2)19-10-15/h3,6-7,9-10,13,20H,4-5,8H2,1-2H3,(H,21,22). The number of rotatable bonds is 5. The van der Waals surface area contributed by atoms with Gasteiger partial charge in [0, 0.05) is 17.8 Å². The normalized spacial score (nSPS) is 13.7. The molecule has 0 atom stereocenters. The van der Waals surface area contributed by atoms with Gasteiger partial charge in [0.05, 0.1) is 18.1 Å². The number of aromatic nitrogens is 2. The number of carbonyl (C=O) groups excluding carboxylic acids is 1. The van der Waals surface area contributed by atoms with Gasteiger partial charge in [-0.2, -0.15) is 0 Å². The average molecular weight is 296 g/mol. The quantitative estimate of drug-likeness (QED) is 0.889. The van der Waals surface area contributed by atoms with Crippen molar-refractivity contribution in [3.8, 4) is 0 Å². The molecule has 1 aromatic carbocycles. The number of aryl methyl sites for hydroxylation is 2. The van der Waals surface area contributed by atoms with E-state index in [-0.39, 0.29) is 5.91 Å². The minimum absolute atomic E-state index is 0.139. The van der Waals surface area contributed by atoms with Crippen LogP contribution in [-0.4, -0.2) is 22.4 Å². The topological polar surface area (TPSA) is 66.9 Å². The zero-order valence-electron chi connectivity index (χ0n) is 12.9. The highest BCUT2D eigenvalue weighted by Crippen LogP contribution is 2.29. The highest BCUT2D eigenvalue weighted by atomic mass is 16.1. The van der Waals surface area contributed by atoms with Crippen LogP contribution in [0.15, 0.2) is 30.6 Å². The number of nitrogens with one attached hydrogen (secondary N) is 2. The predicted molar refractivity (Wildman–Crippen MR) is 87.1 cm³/mol. The molecule has 0 radical (unpaired) electrons. The first-order valence-corrected chi connectivity index (χ1v) is 7.56. The van der Waals surface area contributed by atoms with E-state index in [0.717, 1.165) is 23.7 Å². The largest absolute Gasteiger partial charge is 0.385 e. The van der Waals surface area contributed by atoms with Crippen LogP contribution in [0.4, 0.5) is 11.4 Å². The molecule has 5 heteroatoms. The first-order valence-electron chi connectivity index (χ1n) is 7.56. The number of hydrogen-bond donors (Lipinski definition) is 2. The number of nitrogens with zero attached hydrogens (tertiary/aromatic N) is 2. The molecule has 22 heavy (non-hydrogen) atoms. The molecule has 0 spiro atoms. The number of amides is 1. The fourth-order valence-corrected chi connectivity index (χ4v) is 2.22. The zero-order chi connectivity index (χ0) is 15.5. The molecule has 0 aliphatic heterocycles. The van der Waals surface area contributed by atoms with Crippen LogP contribution >= 0.6 is 0 Å². The summed E-state index contributed by atoms with van der Waals surface area (Å²) in [6.07, 6.45) is 5.84. The van der Waals surface area contributed by atoms with E-state index in [1.54, 1.807) is 12.4 Å². The Hall–Kier alpha value is -2.43. The molecule has 2 aromatic rings. The second-order valence-electron chi connectivity index (χ2n) is 5.83. The summed E-state index contributed by atoms with van der Waals surface area (Å²) >= 11 is 0. The summed E-state index contributed by atoms with van der Waals surface area (Å²) in [5, 5.41) is 6.23. The Bertz CT molecular complexity index is 678. The zero-order valence-corrected chi connectivity index (χ0v) is 12.9. The fourth-order valence-electron chi connectivity index (χ4n) is 2.22. The van der Waals surface area contributed by atoms with Crippen LogP contribution in [0.5, 0.6) is 0 Å². The van der Waals surface area contributed by atoms with E-state index in [9.17, 15) is 4.79 Å². The first-order chi connectivity index (χ1) is 10.6. The maximum atomic E-state index is 12.4. The summed E-state index contributed by atoms with van der Waals surface area (Å²) in [6, 6.07) is 5.89. The predicted octanol–water partition coefficient (Wildman–Crippen LogP) is 3.17. The van der Waals surface area contributed by atoms with Gasteiger partial charge >= 0.3 is 0 Å². The summed E-state index contributed by atoms with van der Waals surface area (Å²) in [5.74, 6) is 1.34. The van der Waals surface area contributed by atoms with E-state index in [1.807, 2.05) is 32.0 Å². The van der Waals surface area contributed by atoms with E-state index in [0.29, 0.717) is 17.1 Å². The second kappa shape index (κ2) is 6.13. The Morgan fingerprint density at radius 2 is 1.91 bits per heavy atom. The minimum atomic E-state index is -0.139. The molecule has 1 heterocycles. The van der Waals surface area contributed by atoms with Crippen LogP contribution in [0.3, 0.4) is 0 Å². The summed E-state index contributed by atoms with van der Waals surface area (Å²) in [6.45, 7) is 4.73. The average Bonchev–Trinajstić information content (AvgIpc) is 3.33. The van der Waals surface area contributed by atoms with Gasteiger partial charge in [-0.1, -0.05) is 6.07 Å². The van der Waals surface area contributed by atoms with Gasteiger partial charge in [-0.3, -0.25) is 4.79 Å². The van der Waals surface area contributed by atoms with Crippen molar-refractivity contribution in [2.24, 2.45) is 5.92 Å².